The quantitative estimate of drug-likeness (QED) is 0.0760. The first-order valence-electron chi connectivity index (χ1n) is 14.6. The second kappa shape index (κ2) is 26.3. The highest BCUT2D eigenvalue weighted by Gasteiger charge is 2.20. The Hall–Kier alpha value is -1.32. The van der Waals surface area contributed by atoms with Crippen LogP contribution < -0.4 is 0 Å². The fourth-order valence-electron chi connectivity index (χ4n) is 4.29. The molecular formula is C30H56O4. The van der Waals surface area contributed by atoms with E-state index in [2.05, 4.69) is 13.0 Å². The minimum absolute atomic E-state index is 0.0428. The molecule has 34 heavy (non-hydrogen) atoms. The van der Waals surface area contributed by atoms with E-state index in [0.717, 1.165) is 19.3 Å². The average molecular weight is 481 g/mol. The van der Waals surface area contributed by atoms with Crippen molar-refractivity contribution in [1.29, 1.82) is 0 Å². The number of carboxylic acids is 1. The summed E-state index contributed by atoms with van der Waals surface area (Å²) in [5, 5.41) is 9.27. The van der Waals surface area contributed by atoms with Crippen LogP contribution in [0.1, 0.15) is 155 Å². The highest BCUT2D eigenvalue weighted by atomic mass is 16.5. The average Bonchev–Trinajstić information content (AvgIpc) is 2.82. The zero-order chi connectivity index (χ0) is 25.1. The van der Waals surface area contributed by atoms with Gasteiger partial charge in [-0.15, -0.1) is 0 Å². The summed E-state index contributed by atoms with van der Waals surface area (Å²) in [5.74, 6) is -2.02. The Labute approximate surface area is 211 Å². The lowest BCUT2D eigenvalue weighted by atomic mass is 10.0. The number of aliphatic carboxylic acids is 1. The minimum Gasteiger partial charge on any atom is -0.481 e. The number of allylic oxidation sites excluding steroid dienone is 2. The Morgan fingerprint density at radius 3 is 1.50 bits per heavy atom. The van der Waals surface area contributed by atoms with Crippen LogP contribution in [0, 0.1) is 5.92 Å². The van der Waals surface area contributed by atoms with Crippen LogP contribution in [0.4, 0.5) is 0 Å². The zero-order valence-corrected chi connectivity index (χ0v) is 22.7. The normalized spacial score (nSPS) is 12.3. The SMILES string of the molecule is CCCCCCCCCCCCCCCCCCCC/C=C/CC(CC(=O)OCCC)C(=O)O. The Morgan fingerprint density at radius 2 is 1.09 bits per heavy atom. The molecule has 200 valence electrons. The standard InChI is InChI=1S/C30H56O4/c1-3-5-6-7-8-9-10-11-12-13-14-15-16-17-18-19-20-21-22-23-24-25-28(30(32)33)27-29(31)34-26-4-2/h23-24,28H,3-22,25-27H2,1-2H3,(H,32,33)/b24-23+. The van der Waals surface area contributed by atoms with Gasteiger partial charge in [0.25, 0.3) is 0 Å². The Kier molecular flexibility index (Phi) is 25.3. The van der Waals surface area contributed by atoms with Gasteiger partial charge in [0.1, 0.15) is 0 Å². The maximum absolute atomic E-state index is 11.6. The van der Waals surface area contributed by atoms with Gasteiger partial charge in [0.2, 0.25) is 0 Å². The van der Waals surface area contributed by atoms with Crippen LogP contribution in [-0.2, 0) is 14.3 Å². The number of carbonyl (C=O) groups is 2. The van der Waals surface area contributed by atoms with Crippen molar-refractivity contribution in [3.63, 3.8) is 0 Å². The van der Waals surface area contributed by atoms with Crippen molar-refractivity contribution in [3.8, 4) is 0 Å². The van der Waals surface area contributed by atoms with Crippen molar-refractivity contribution in [2.45, 2.75) is 155 Å². The number of carboxylic acid groups (broad SMARTS) is 1. The minimum atomic E-state index is -0.925. The van der Waals surface area contributed by atoms with Gasteiger partial charge in [-0.1, -0.05) is 135 Å². The van der Waals surface area contributed by atoms with Crippen molar-refractivity contribution in [2.24, 2.45) is 5.92 Å². The van der Waals surface area contributed by atoms with E-state index in [-0.39, 0.29) is 6.42 Å². The van der Waals surface area contributed by atoms with E-state index >= 15 is 0 Å². The summed E-state index contributed by atoms with van der Waals surface area (Å²) >= 11 is 0. The number of ether oxygens (including phenoxy) is 1. The fraction of sp³-hybridized carbons (Fsp3) is 0.867. The molecule has 1 atom stereocenters. The summed E-state index contributed by atoms with van der Waals surface area (Å²) in [6.07, 6.45) is 30.9. The lowest BCUT2D eigenvalue weighted by Crippen LogP contribution is -2.19. The van der Waals surface area contributed by atoms with Crippen molar-refractivity contribution in [2.75, 3.05) is 6.61 Å². The van der Waals surface area contributed by atoms with Crippen LogP contribution in [0.25, 0.3) is 0 Å². The molecule has 0 rings (SSSR count). The molecular weight excluding hydrogens is 424 g/mol. The van der Waals surface area contributed by atoms with Gasteiger partial charge in [0.15, 0.2) is 0 Å². The molecule has 0 spiro atoms. The van der Waals surface area contributed by atoms with Gasteiger partial charge in [0.05, 0.1) is 18.9 Å². The van der Waals surface area contributed by atoms with E-state index in [0.29, 0.717) is 13.0 Å². The van der Waals surface area contributed by atoms with Gasteiger partial charge in [-0.25, -0.2) is 0 Å². The van der Waals surface area contributed by atoms with Crippen LogP contribution in [-0.4, -0.2) is 23.7 Å². The molecule has 0 aromatic heterocycles. The summed E-state index contributed by atoms with van der Waals surface area (Å²) < 4.78 is 4.99. The lowest BCUT2D eigenvalue weighted by Gasteiger charge is -2.09. The molecule has 1 unspecified atom stereocenters. The predicted molar refractivity (Wildman–Crippen MR) is 144 cm³/mol. The second-order valence-electron chi connectivity index (χ2n) is 9.97. The molecule has 0 aromatic rings. The Bertz CT molecular complexity index is 486. The highest BCUT2D eigenvalue weighted by Crippen LogP contribution is 2.15. The molecule has 0 aliphatic heterocycles. The summed E-state index contributed by atoms with van der Waals surface area (Å²) in [5.41, 5.74) is 0. The second-order valence-corrected chi connectivity index (χ2v) is 9.97. The van der Waals surface area contributed by atoms with Gasteiger partial charge < -0.3 is 9.84 Å². The molecule has 0 aliphatic carbocycles. The molecule has 4 heteroatoms. The van der Waals surface area contributed by atoms with Crippen molar-refractivity contribution in [3.05, 3.63) is 12.2 Å². The van der Waals surface area contributed by atoms with E-state index in [4.69, 9.17) is 4.74 Å². The number of hydrogen-bond acceptors (Lipinski definition) is 3. The van der Waals surface area contributed by atoms with Crippen molar-refractivity contribution < 1.29 is 19.4 Å². The summed E-state index contributed by atoms with van der Waals surface area (Å²) in [7, 11) is 0. The van der Waals surface area contributed by atoms with E-state index in [9.17, 15) is 14.7 Å². The third-order valence-corrected chi connectivity index (χ3v) is 6.54. The van der Waals surface area contributed by atoms with Crippen LogP contribution in [0.3, 0.4) is 0 Å². The van der Waals surface area contributed by atoms with E-state index in [1.54, 1.807) is 0 Å². The molecule has 0 saturated heterocycles. The molecule has 0 fully saturated rings. The van der Waals surface area contributed by atoms with Crippen molar-refractivity contribution >= 4 is 11.9 Å². The van der Waals surface area contributed by atoms with Gasteiger partial charge in [-0.2, -0.15) is 0 Å². The highest BCUT2D eigenvalue weighted by molar-refractivity contribution is 5.78. The third kappa shape index (κ3) is 23.8. The molecule has 0 saturated carbocycles. The van der Waals surface area contributed by atoms with Crippen LogP contribution in [0.2, 0.25) is 0 Å². The first-order chi connectivity index (χ1) is 16.6. The molecule has 0 radical (unpaired) electrons. The summed E-state index contributed by atoms with van der Waals surface area (Å²) in [4.78, 5) is 22.9. The van der Waals surface area contributed by atoms with Crippen LogP contribution in [0.5, 0.6) is 0 Å². The molecule has 0 aliphatic rings. The largest absolute Gasteiger partial charge is 0.481 e. The fourth-order valence-corrected chi connectivity index (χ4v) is 4.29. The van der Waals surface area contributed by atoms with Gasteiger partial charge in [-0.05, 0) is 25.7 Å². The number of hydrogen-bond donors (Lipinski definition) is 1. The maximum Gasteiger partial charge on any atom is 0.307 e. The van der Waals surface area contributed by atoms with E-state index in [1.807, 2.05) is 13.0 Å². The van der Waals surface area contributed by atoms with Gasteiger partial charge in [-0.3, -0.25) is 9.59 Å². The Morgan fingerprint density at radius 1 is 0.647 bits per heavy atom. The molecule has 4 nitrogen and oxygen atoms in total. The smallest absolute Gasteiger partial charge is 0.307 e. The number of unbranched alkanes of at least 4 members (excludes halogenated alkanes) is 18. The predicted octanol–water partition coefficient (Wildman–Crippen LogP) is 9.41. The first kappa shape index (κ1) is 32.7. The Balaban J connectivity index is 3.41. The molecule has 0 heterocycles. The number of rotatable bonds is 26. The van der Waals surface area contributed by atoms with Gasteiger partial charge in [0, 0.05) is 0 Å². The first-order valence-corrected chi connectivity index (χ1v) is 14.6. The van der Waals surface area contributed by atoms with Gasteiger partial charge >= 0.3 is 11.9 Å². The molecule has 1 N–H and O–H groups in total. The topological polar surface area (TPSA) is 63.6 Å². The van der Waals surface area contributed by atoms with E-state index < -0.39 is 17.9 Å². The lowest BCUT2D eigenvalue weighted by molar-refractivity contribution is -0.151. The number of carbonyl (C=O) groups excluding carboxylic acids is 1. The van der Waals surface area contributed by atoms with Crippen molar-refractivity contribution in [1.82, 2.24) is 0 Å². The number of esters is 1. The third-order valence-electron chi connectivity index (χ3n) is 6.54. The molecule has 0 amide bonds. The zero-order valence-electron chi connectivity index (χ0n) is 22.7. The van der Waals surface area contributed by atoms with Crippen LogP contribution in [0.15, 0.2) is 12.2 Å². The maximum atomic E-state index is 11.6. The monoisotopic (exact) mass is 480 g/mol. The summed E-state index contributed by atoms with van der Waals surface area (Å²) in [6.45, 7) is 4.56. The molecule has 0 aromatic carbocycles. The van der Waals surface area contributed by atoms with Crippen LogP contribution >= 0.6 is 0 Å². The molecule has 0 bridgehead atoms. The summed E-state index contributed by atoms with van der Waals surface area (Å²) in [6, 6.07) is 0. The van der Waals surface area contributed by atoms with E-state index in [1.165, 1.54) is 109 Å².